The molecule has 0 amide bonds. The van der Waals surface area contributed by atoms with Crippen LogP contribution in [0, 0.1) is 0 Å². The predicted molar refractivity (Wildman–Crippen MR) is 170 cm³/mol. The molecule has 218 valence electrons. The molecular weight excluding hydrogens is 612 g/mol. The molecule has 0 atom stereocenters. The topological polar surface area (TPSA) is 61.0 Å². The summed E-state index contributed by atoms with van der Waals surface area (Å²) in [6, 6.07) is 12.3. The zero-order valence-electron chi connectivity index (χ0n) is 23.8. The van der Waals surface area contributed by atoms with E-state index in [0.717, 1.165) is 62.0 Å². The highest BCUT2D eigenvalue weighted by molar-refractivity contribution is 8.93. The lowest BCUT2D eigenvalue weighted by Gasteiger charge is -2.10. The quantitative estimate of drug-likeness (QED) is 0.141. The smallest absolute Gasteiger partial charge is 0.160 e. The summed E-state index contributed by atoms with van der Waals surface area (Å²) in [4.78, 5) is 0. The van der Waals surface area contributed by atoms with Gasteiger partial charge in [0.05, 0.1) is 28.4 Å². The summed E-state index contributed by atoms with van der Waals surface area (Å²) in [6.07, 6.45) is 12.6. The highest BCUT2D eigenvalue weighted by atomic mass is 79.9. The van der Waals surface area contributed by atoms with Gasteiger partial charge in [-0.2, -0.15) is 0 Å². The SMILES string of the molecule is Br.Br.COc1ccc(CCNCCCCCCCCCCNCCc2ccc(OC)c(OC)c2)cc1OC. The van der Waals surface area contributed by atoms with Crippen LogP contribution in [0.3, 0.4) is 0 Å². The second-order valence-corrected chi connectivity index (χ2v) is 9.21. The molecule has 0 aliphatic rings. The van der Waals surface area contributed by atoms with Crippen molar-refractivity contribution in [3.8, 4) is 23.0 Å². The Morgan fingerprint density at radius 3 is 1.13 bits per heavy atom. The predicted octanol–water partition coefficient (Wildman–Crippen LogP) is 6.96. The third kappa shape index (κ3) is 14.6. The molecule has 6 nitrogen and oxygen atoms in total. The van der Waals surface area contributed by atoms with Crippen LogP contribution in [0.1, 0.15) is 62.5 Å². The molecule has 0 fully saturated rings. The van der Waals surface area contributed by atoms with Crippen LogP contribution in [0.4, 0.5) is 0 Å². The highest BCUT2D eigenvalue weighted by Gasteiger charge is 2.05. The summed E-state index contributed by atoms with van der Waals surface area (Å²) >= 11 is 0. The van der Waals surface area contributed by atoms with Crippen LogP contribution in [0.2, 0.25) is 0 Å². The number of rotatable bonds is 21. The molecule has 2 aromatic rings. The second kappa shape index (κ2) is 23.4. The number of nitrogens with one attached hydrogen (secondary N) is 2. The molecule has 0 saturated heterocycles. The zero-order chi connectivity index (χ0) is 25.8. The van der Waals surface area contributed by atoms with Crippen molar-refractivity contribution in [2.45, 2.75) is 64.2 Å². The molecule has 0 unspecified atom stereocenters. The molecule has 2 aromatic carbocycles. The van der Waals surface area contributed by atoms with Crippen LogP contribution in [-0.4, -0.2) is 54.6 Å². The lowest BCUT2D eigenvalue weighted by Crippen LogP contribution is -2.18. The molecule has 0 saturated carbocycles. The Morgan fingerprint density at radius 2 is 0.789 bits per heavy atom. The van der Waals surface area contributed by atoms with Gasteiger partial charge in [0, 0.05) is 0 Å². The Labute approximate surface area is 252 Å². The van der Waals surface area contributed by atoms with Gasteiger partial charge >= 0.3 is 0 Å². The molecule has 0 radical (unpaired) electrons. The molecule has 0 aromatic heterocycles. The number of halogens is 2. The number of benzene rings is 2. The lowest BCUT2D eigenvalue weighted by molar-refractivity contribution is 0.354. The average Bonchev–Trinajstić information content (AvgIpc) is 2.92. The minimum atomic E-state index is 0. The Balaban J connectivity index is 0.00000684. The molecular formula is C30H50Br2N2O4. The van der Waals surface area contributed by atoms with Crippen LogP contribution < -0.4 is 29.6 Å². The largest absolute Gasteiger partial charge is 0.493 e. The van der Waals surface area contributed by atoms with E-state index >= 15 is 0 Å². The lowest BCUT2D eigenvalue weighted by atomic mass is 10.1. The van der Waals surface area contributed by atoms with E-state index in [1.807, 2.05) is 12.1 Å². The van der Waals surface area contributed by atoms with Crippen molar-refractivity contribution < 1.29 is 18.9 Å². The van der Waals surface area contributed by atoms with E-state index in [-0.39, 0.29) is 34.0 Å². The molecule has 0 bridgehead atoms. The van der Waals surface area contributed by atoms with Gasteiger partial charge in [0.15, 0.2) is 23.0 Å². The van der Waals surface area contributed by atoms with Gasteiger partial charge in [0.25, 0.3) is 0 Å². The van der Waals surface area contributed by atoms with Gasteiger partial charge in [0.1, 0.15) is 0 Å². The summed E-state index contributed by atoms with van der Waals surface area (Å²) in [5.74, 6) is 3.18. The number of methoxy groups -OCH3 is 4. The summed E-state index contributed by atoms with van der Waals surface area (Å²) in [7, 11) is 6.70. The summed E-state index contributed by atoms with van der Waals surface area (Å²) in [6.45, 7) is 4.19. The minimum absolute atomic E-state index is 0. The van der Waals surface area contributed by atoms with Gasteiger partial charge < -0.3 is 29.6 Å². The van der Waals surface area contributed by atoms with Crippen LogP contribution in [-0.2, 0) is 12.8 Å². The van der Waals surface area contributed by atoms with Gasteiger partial charge in [-0.3, -0.25) is 0 Å². The number of hydrogen-bond acceptors (Lipinski definition) is 6. The van der Waals surface area contributed by atoms with Crippen molar-refractivity contribution in [1.29, 1.82) is 0 Å². The minimum Gasteiger partial charge on any atom is -0.493 e. The molecule has 8 heteroatoms. The molecule has 2 N–H and O–H groups in total. The second-order valence-electron chi connectivity index (χ2n) is 9.21. The van der Waals surface area contributed by atoms with Crippen molar-refractivity contribution >= 4 is 34.0 Å². The van der Waals surface area contributed by atoms with E-state index < -0.39 is 0 Å². The van der Waals surface area contributed by atoms with Crippen LogP contribution in [0.15, 0.2) is 36.4 Å². The Hall–Kier alpha value is -1.48. The van der Waals surface area contributed by atoms with Crippen molar-refractivity contribution in [1.82, 2.24) is 10.6 Å². The van der Waals surface area contributed by atoms with E-state index in [9.17, 15) is 0 Å². The first-order valence-electron chi connectivity index (χ1n) is 13.5. The zero-order valence-corrected chi connectivity index (χ0v) is 27.2. The van der Waals surface area contributed by atoms with Gasteiger partial charge in [-0.05, 0) is 87.3 Å². The van der Waals surface area contributed by atoms with Gasteiger partial charge in [-0.15, -0.1) is 34.0 Å². The molecule has 0 heterocycles. The number of hydrogen-bond donors (Lipinski definition) is 2. The molecule has 0 aliphatic heterocycles. The van der Waals surface area contributed by atoms with Crippen LogP contribution >= 0.6 is 34.0 Å². The first-order chi connectivity index (χ1) is 17.7. The number of unbranched alkanes of at least 4 members (excludes halogenated alkanes) is 7. The molecule has 0 spiro atoms. The van der Waals surface area contributed by atoms with Gasteiger partial charge in [0.2, 0.25) is 0 Å². The molecule has 38 heavy (non-hydrogen) atoms. The summed E-state index contributed by atoms with van der Waals surface area (Å²) < 4.78 is 21.4. The fraction of sp³-hybridized carbons (Fsp3) is 0.600. The van der Waals surface area contributed by atoms with Crippen molar-refractivity contribution in [3.05, 3.63) is 47.5 Å². The normalized spacial score (nSPS) is 10.3. The summed E-state index contributed by atoms with van der Waals surface area (Å²) in [5.41, 5.74) is 2.54. The maximum atomic E-state index is 5.38. The maximum absolute atomic E-state index is 5.38. The fourth-order valence-corrected chi connectivity index (χ4v) is 4.35. The standard InChI is InChI=1S/C30H48N2O4.2BrH/c1-33-27-15-13-25(23-29(27)35-3)17-21-31-19-11-9-7-5-6-8-10-12-20-32-22-18-26-14-16-28(34-2)30(24-26)36-4;;/h13-16,23-24,31-32H,5-12,17-22H2,1-4H3;2*1H. The third-order valence-electron chi connectivity index (χ3n) is 6.53. The molecule has 2 rings (SSSR count). The summed E-state index contributed by atoms with van der Waals surface area (Å²) in [5, 5.41) is 7.13. The van der Waals surface area contributed by atoms with Gasteiger partial charge in [-0.25, -0.2) is 0 Å². The monoisotopic (exact) mass is 660 g/mol. The Kier molecular flexibility index (Phi) is 22.5. The van der Waals surface area contributed by atoms with E-state index in [4.69, 9.17) is 18.9 Å². The van der Waals surface area contributed by atoms with Crippen molar-refractivity contribution in [3.63, 3.8) is 0 Å². The highest BCUT2D eigenvalue weighted by Crippen LogP contribution is 2.28. The Morgan fingerprint density at radius 1 is 0.447 bits per heavy atom. The van der Waals surface area contributed by atoms with E-state index in [1.54, 1.807) is 28.4 Å². The third-order valence-corrected chi connectivity index (χ3v) is 6.53. The first-order valence-corrected chi connectivity index (χ1v) is 13.5. The van der Waals surface area contributed by atoms with Gasteiger partial charge in [-0.1, -0.05) is 50.7 Å². The molecule has 0 aliphatic carbocycles. The van der Waals surface area contributed by atoms with E-state index in [1.165, 1.54) is 62.5 Å². The first kappa shape index (κ1) is 36.5. The van der Waals surface area contributed by atoms with Crippen molar-refractivity contribution in [2.24, 2.45) is 0 Å². The van der Waals surface area contributed by atoms with E-state index in [2.05, 4.69) is 34.9 Å². The fourth-order valence-electron chi connectivity index (χ4n) is 4.35. The van der Waals surface area contributed by atoms with Crippen molar-refractivity contribution in [2.75, 3.05) is 54.6 Å². The van der Waals surface area contributed by atoms with Crippen LogP contribution in [0.25, 0.3) is 0 Å². The van der Waals surface area contributed by atoms with E-state index in [0.29, 0.717) is 0 Å². The maximum Gasteiger partial charge on any atom is 0.160 e. The number of ether oxygens (including phenoxy) is 4. The van der Waals surface area contributed by atoms with Crippen LogP contribution in [0.5, 0.6) is 23.0 Å². The average molecular weight is 663 g/mol. The Bertz CT molecular complexity index is 785.